The Balaban J connectivity index is 1.94. The van der Waals surface area contributed by atoms with Crippen LogP contribution in [-0.4, -0.2) is 17.3 Å². The van der Waals surface area contributed by atoms with Crippen LogP contribution in [-0.2, 0) is 4.74 Å². The summed E-state index contributed by atoms with van der Waals surface area (Å²) in [5, 5.41) is 0.269. The van der Waals surface area contributed by atoms with Crippen LogP contribution in [0, 0.1) is 11.6 Å². The number of carbonyl (C=O) groups excluding carboxylic acids is 1. The van der Waals surface area contributed by atoms with Crippen molar-refractivity contribution in [2.24, 2.45) is 0 Å². The van der Waals surface area contributed by atoms with E-state index >= 15 is 0 Å². The third-order valence-electron chi connectivity index (χ3n) is 4.19. The molecule has 3 aromatic rings. The number of benzene rings is 2. The summed E-state index contributed by atoms with van der Waals surface area (Å²) in [6.45, 7) is 1.61. The Bertz CT molecular complexity index is 1230. The normalized spacial score (nSPS) is 12.3. The van der Waals surface area contributed by atoms with Gasteiger partial charge in [-0.05, 0) is 37.3 Å². The molecule has 2 aromatic carbocycles. The van der Waals surface area contributed by atoms with E-state index in [1.54, 1.807) is 31.2 Å². The van der Waals surface area contributed by atoms with Crippen LogP contribution in [0.1, 0.15) is 12.5 Å². The standard InChI is InChI=1S/C20H12ClF2NO5/c1-2-27-20(26)29-15-9-24-8-14(10-3-5-11(21)6-4-10)28-19-16(23)13(22)7-12(17(19)24)18(15)25/h3-9H,2H2,1H3. The van der Waals surface area contributed by atoms with Crippen LogP contribution in [0.2, 0.25) is 5.02 Å². The van der Waals surface area contributed by atoms with Crippen molar-refractivity contribution in [3.05, 3.63) is 69.0 Å². The first-order chi connectivity index (χ1) is 13.9. The maximum absolute atomic E-state index is 14.5. The smallest absolute Gasteiger partial charge is 0.450 e. The third-order valence-corrected chi connectivity index (χ3v) is 4.44. The first kappa shape index (κ1) is 18.9. The Morgan fingerprint density at radius 3 is 2.66 bits per heavy atom. The summed E-state index contributed by atoms with van der Waals surface area (Å²) in [5.74, 6) is -3.20. The molecule has 0 amide bonds. The lowest BCUT2D eigenvalue weighted by Gasteiger charge is -2.21. The minimum atomic E-state index is -1.28. The van der Waals surface area contributed by atoms with E-state index in [-0.39, 0.29) is 23.3 Å². The van der Waals surface area contributed by atoms with Crippen LogP contribution >= 0.6 is 11.6 Å². The van der Waals surface area contributed by atoms with Crippen molar-refractivity contribution >= 4 is 40.6 Å². The molecule has 0 bridgehead atoms. The summed E-state index contributed by atoms with van der Waals surface area (Å²) >= 11 is 5.89. The molecule has 9 heteroatoms. The van der Waals surface area contributed by atoms with Crippen LogP contribution in [0.25, 0.3) is 22.9 Å². The number of halogens is 3. The van der Waals surface area contributed by atoms with Gasteiger partial charge in [0.2, 0.25) is 11.2 Å². The van der Waals surface area contributed by atoms with Crippen molar-refractivity contribution in [3.8, 4) is 11.5 Å². The minimum absolute atomic E-state index is 0.00261. The number of hydrogen-bond donors (Lipinski definition) is 0. The summed E-state index contributed by atoms with van der Waals surface area (Å²) in [5.41, 5.74) is -0.275. The Kier molecular flexibility index (Phi) is 4.71. The average molecular weight is 420 g/mol. The molecular weight excluding hydrogens is 408 g/mol. The molecule has 0 saturated heterocycles. The van der Waals surface area contributed by atoms with Gasteiger partial charge in [0.1, 0.15) is 5.52 Å². The molecule has 4 rings (SSSR count). The molecule has 0 N–H and O–H groups in total. The SMILES string of the molecule is CCOC(=O)Oc1cn2c3c(c(F)c(F)cc3c1=O)OC(c1ccc(Cl)cc1)=C2. The molecule has 2 heterocycles. The first-order valence-electron chi connectivity index (χ1n) is 8.46. The second-order valence-corrected chi connectivity index (χ2v) is 6.45. The Hall–Kier alpha value is -3.39. The maximum atomic E-state index is 14.5. The predicted octanol–water partition coefficient (Wildman–Crippen LogP) is 4.82. The molecule has 0 radical (unpaired) electrons. The highest BCUT2D eigenvalue weighted by molar-refractivity contribution is 6.30. The average Bonchev–Trinajstić information content (AvgIpc) is 2.69. The van der Waals surface area contributed by atoms with Crippen LogP contribution in [0.4, 0.5) is 13.6 Å². The van der Waals surface area contributed by atoms with Gasteiger partial charge in [0.05, 0.1) is 24.4 Å². The molecule has 148 valence electrons. The van der Waals surface area contributed by atoms with Crippen molar-refractivity contribution in [1.82, 2.24) is 4.57 Å². The lowest BCUT2D eigenvalue weighted by atomic mass is 10.1. The molecule has 0 aliphatic carbocycles. The molecule has 0 atom stereocenters. The molecular formula is C20H12ClF2NO5. The van der Waals surface area contributed by atoms with Crippen molar-refractivity contribution < 1.29 is 27.8 Å². The molecule has 6 nitrogen and oxygen atoms in total. The highest BCUT2D eigenvalue weighted by Crippen LogP contribution is 2.37. The van der Waals surface area contributed by atoms with E-state index in [1.165, 1.54) is 17.0 Å². The van der Waals surface area contributed by atoms with Gasteiger partial charge in [-0.1, -0.05) is 11.6 Å². The fourth-order valence-corrected chi connectivity index (χ4v) is 3.05. The highest BCUT2D eigenvalue weighted by atomic mass is 35.5. The van der Waals surface area contributed by atoms with Gasteiger partial charge >= 0.3 is 6.16 Å². The summed E-state index contributed by atoms with van der Waals surface area (Å²) < 4.78 is 45.1. The van der Waals surface area contributed by atoms with Crippen LogP contribution < -0.4 is 14.9 Å². The third kappa shape index (κ3) is 3.31. The van der Waals surface area contributed by atoms with Gasteiger partial charge in [-0.25, -0.2) is 9.18 Å². The fraction of sp³-hybridized carbons (Fsp3) is 0.100. The maximum Gasteiger partial charge on any atom is 0.514 e. The molecule has 0 fully saturated rings. The highest BCUT2D eigenvalue weighted by Gasteiger charge is 2.26. The summed E-state index contributed by atoms with van der Waals surface area (Å²) in [4.78, 5) is 24.3. The summed E-state index contributed by atoms with van der Waals surface area (Å²) in [6.07, 6.45) is 1.54. The van der Waals surface area contributed by atoms with Gasteiger partial charge in [-0.15, -0.1) is 0 Å². The lowest BCUT2D eigenvalue weighted by molar-refractivity contribution is 0.104. The van der Waals surface area contributed by atoms with E-state index in [2.05, 4.69) is 4.74 Å². The second kappa shape index (κ2) is 7.21. The van der Waals surface area contributed by atoms with Gasteiger partial charge in [0.15, 0.2) is 23.1 Å². The molecule has 0 spiro atoms. The topological polar surface area (TPSA) is 66.8 Å². The second-order valence-electron chi connectivity index (χ2n) is 6.01. The van der Waals surface area contributed by atoms with Gasteiger partial charge < -0.3 is 18.8 Å². The number of aromatic nitrogens is 1. The number of hydrogen-bond acceptors (Lipinski definition) is 5. The molecule has 1 aliphatic rings. The van der Waals surface area contributed by atoms with E-state index in [1.807, 2.05) is 0 Å². The number of carbonyl (C=O) groups is 1. The number of nitrogens with zero attached hydrogens (tertiary/aromatic N) is 1. The fourth-order valence-electron chi connectivity index (χ4n) is 2.92. The lowest BCUT2D eigenvalue weighted by Crippen LogP contribution is -2.19. The summed E-state index contributed by atoms with van der Waals surface area (Å²) in [7, 11) is 0. The van der Waals surface area contributed by atoms with Gasteiger partial charge in [-0.3, -0.25) is 4.79 Å². The van der Waals surface area contributed by atoms with Crippen LogP contribution in [0.3, 0.4) is 0 Å². The van der Waals surface area contributed by atoms with Crippen molar-refractivity contribution in [1.29, 1.82) is 0 Å². The van der Waals surface area contributed by atoms with Crippen LogP contribution in [0.15, 0.2) is 41.3 Å². The number of rotatable bonds is 3. The molecule has 1 aliphatic heterocycles. The Morgan fingerprint density at radius 2 is 1.97 bits per heavy atom. The van der Waals surface area contributed by atoms with Gasteiger partial charge in [-0.2, -0.15) is 4.39 Å². The first-order valence-corrected chi connectivity index (χ1v) is 8.84. The van der Waals surface area contributed by atoms with Gasteiger partial charge in [0.25, 0.3) is 0 Å². The molecule has 29 heavy (non-hydrogen) atoms. The van der Waals surface area contributed by atoms with Gasteiger partial charge in [0, 0.05) is 10.6 Å². The van der Waals surface area contributed by atoms with Crippen molar-refractivity contribution in [2.75, 3.05) is 6.61 Å². The summed E-state index contributed by atoms with van der Waals surface area (Å²) in [6, 6.07) is 7.21. The monoisotopic (exact) mass is 419 g/mol. The van der Waals surface area contributed by atoms with Crippen molar-refractivity contribution in [3.63, 3.8) is 0 Å². The van der Waals surface area contributed by atoms with Crippen molar-refractivity contribution in [2.45, 2.75) is 6.92 Å². The number of ether oxygens (including phenoxy) is 3. The zero-order valence-corrected chi connectivity index (χ0v) is 15.6. The van der Waals surface area contributed by atoms with E-state index in [4.69, 9.17) is 21.1 Å². The van der Waals surface area contributed by atoms with E-state index in [0.717, 1.165) is 6.07 Å². The zero-order chi connectivity index (χ0) is 20.7. The van der Waals surface area contributed by atoms with E-state index < -0.39 is 34.7 Å². The Labute approximate surface area is 167 Å². The van der Waals surface area contributed by atoms with E-state index in [9.17, 15) is 18.4 Å². The largest absolute Gasteiger partial charge is 0.514 e. The van der Waals surface area contributed by atoms with Crippen LogP contribution in [0.5, 0.6) is 11.5 Å². The number of pyridine rings is 1. The zero-order valence-electron chi connectivity index (χ0n) is 14.9. The predicted molar refractivity (Wildman–Crippen MR) is 102 cm³/mol. The minimum Gasteiger partial charge on any atom is -0.450 e. The van der Waals surface area contributed by atoms with E-state index in [0.29, 0.717) is 10.6 Å². The molecule has 1 aromatic heterocycles. The quantitative estimate of drug-likeness (QED) is 0.570. The molecule has 0 unspecified atom stereocenters. The molecule has 0 saturated carbocycles. The Morgan fingerprint density at radius 1 is 1.24 bits per heavy atom.